The summed E-state index contributed by atoms with van der Waals surface area (Å²) >= 11 is 3.34. The van der Waals surface area contributed by atoms with Crippen LogP contribution in [0, 0.1) is 11.2 Å². The molecule has 1 aromatic rings. The van der Waals surface area contributed by atoms with Gasteiger partial charge in [-0.15, -0.1) is 0 Å². The lowest BCUT2D eigenvalue weighted by molar-refractivity contribution is 0.309. The van der Waals surface area contributed by atoms with Gasteiger partial charge in [-0.3, -0.25) is 11.3 Å². The van der Waals surface area contributed by atoms with Crippen LogP contribution < -0.4 is 11.3 Å². The van der Waals surface area contributed by atoms with Gasteiger partial charge in [-0.25, -0.2) is 4.39 Å². The van der Waals surface area contributed by atoms with Crippen molar-refractivity contribution in [1.29, 1.82) is 0 Å². The van der Waals surface area contributed by atoms with Crippen LogP contribution >= 0.6 is 15.9 Å². The maximum Gasteiger partial charge on any atom is 0.128 e. The first kappa shape index (κ1) is 13.6. The topological polar surface area (TPSA) is 38.0 Å². The summed E-state index contributed by atoms with van der Waals surface area (Å²) in [5.41, 5.74) is 3.37. The molecule has 0 aliphatic carbocycles. The lowest BCUT2D eigenvalue weighted by atomic mass is 9.85. The zero-order chi connectivity index (χ0) is 12.3. The maximum absolute atomic E-state index is 13.7. The lowest BCUT2D eigenvalue weighted by Gasteiger charge is -2.26. The summed E-state index contributed by atoms with van der Waals surface area (Å²) in [4.78, 5) is 0. The van der Waals surface area contributed by atoms with Crippen molar-refractivity contribution < 1.29 is 4.39 Å². The number of hydrogen-bond acceptors (Lipinski definition) is 2. The Morgan fingerprint density at radius 3 is 2.56 bits per heavy atom. The van der Waals surface area contributed by atoms with Crippen molar-refractivity contribution in [2.45, 2.75) is 33.2 Å². The van der Waals surface area contributed by atoms with E-state index >= 15 is 0 Å². The molecule has 1 unspecified atom stereocenters. The van der Waals surface area contributed by atoms with Crippen LogP contribution in [0.15, 0.2) is 22.7 Å². The Balaban J connectivity index is 2.99. The van der Waals surface area contributed by atoms with Crippen molar-refractivity contribution in [3.8, 4) is 0 Å². The highest BCUT2D eigenvalue weighted by atomic mass is 79.9. The number of nitrogens with one attached hydrogen (secondary N) is 1. The summed E-state index contributed by atoms with van der Waals surface area (Å²) in [6.07, 6.45) is 0.775. The van der Waals surface area contributed by atoms with Crippen LogP contribution in [-0.2, 0) is 0 Å². The smallest absolute Gasteiger partial charge is 0.128 e. The molecule has 0 heterocycles. The number of rotatable bonds is 3. The highest BCUT2D eigenvalue weighted by molar-refractivity contribution is 9.10. The molecule has 1 aromatic carbocycles. The van der Waals surface area contributed by atoms with E-state index in [2.05, 4.69) is 42.1 Å². The average Bonchev–Trinajstić information content (AvgIpc) is 2.17. The molecule has 0 fully saturated rings. The Morgan fingerprint density at radius 2 is 2.06 bits per heavy atom. The fourth-order valence-corrected chi connectivity index (χ4v) is 2.03. The molecule has 0 bridgehead atoms. The predicted molar refractivity (Wildman–Crippen MR) is 68.2 cm³/mol. The third-order valence-electron chi connectivity index (χ3n) is 2.35. The Kier molecular flexibility index (Phi) is 4.47. The van der Waals surface area contributed by atoms with E-state index in [0.29, 0.717) is 5.56 Å². The van der Waals surface area contributed by atoms with E-state index in [9.17, 15) is 4.39 Å². The molecule has 1 rings (SSSR count). The number of benzene rings is 1. The molecule has 2 nitrogen and oxygen atoms in total. The molecule has 0 aliphatic heterocycles. The molecule has 0 radical (unpaired) electrons. The molecule has 0 saturated heterocycles. The minimum absolute atomic E-state index is 0.0891. The van der Waals surface area contributed by atoms with Gasteiger partial charge in [0.2, 0.25) is 0 Å². The van der Waals surface area contributed by atoms with Gasteiger partial charge in [-0.1, -0.05) is 36.7 Å². The van der Waals surface area contributed by atoms with Gasteiger partial charge in [-0.05, 0) is 30.0 Å². The Morgan fingerprint density at radius 1 is 1.44 bits per heavy atom. The van der Waals surface area contributed by atoms with E-state index in [1.807, 2.05) is 0 Å². The summed E-state index contributed by atoms with van der Waals surface area (Å²) in [5.74, 6) is 5.27. The van der Waals surface area contributed by atoms with E-state index in [1.165, 1.54) is 6.07 Å². The minimum Gasteiger partial charge on any atom is -0.271 e. The largest absolute Gasteiger partial charge is 0.271 e. The fraction of sp³-hybridized carbons (Fsp3) is 0.500. The van der Waals surface area contributed by atoms with Crippen molar-refractivity contribution in [3.05, 3.63) is 34.1 Å². The normalized spacial score (nSPS) is 13.9. The van der Waals surface area contributed by atoms with Gasteiger partial charge in [0.05, 0.1) is 0 Å². The second kappa shape index (κ2) is 5.25. The Labute approximate surface area is 105 Å². The van der Waals surface area contributed by atoms with E-state index in [-0.39, 0.29) is 17.3 Å². The molecule has 0 saturated carbocycles. The molecular formula is C12H18BrFN2. The number of hydrazine groups is 1. The van der Waals surface area contributed by atoms with Crippen LogP contribution in [0.2, 0.25) is 0 Å². The quantitative estimate of drug-likeness (QED) is 0.660. The number of halogens is 2. The second-order valence-electron chi connectivity index (χ2n) is 5.15. The minimum atomic E-state index is -0.226. The molecular weight excluding hydrogens is 271 g/mol. The number of hydrogen-bond donors (Lipinski definition) is 2. The molecule has 16 heavy (non-hydrogen) atoms. The van der Waals surface area contributed by atoms with Crippen LogP contribution in [0.1, 0.15) is 38.8 Å². The standard InChI is InChI=1S/C12H18BrFN2/c1-12(2,3)7-11(16-15)9-6-8(13)4-5-10(9)14/h4-6,11,16H,7,15H2,1-3H3. The van der Waals surface area contributed by atoms with Crippen molar-refractivity contribution in [2.75, 3.05) is 0 Å². The summed E-state index contributed by atoms with van der Waals surface area (Å²) in [6, 6.07) is 4.74. The first-order chi connectivity index (χ1) is 7.33. The Bertz CT molecular complexity index is 361. The second-order valence-corrected chi connectivity index (χ2v) is 6.07. The van der Waals surface area contributed by atoms with Gasteiger partial charge in [0.25, 0.3) is 0 Å². The molecule has 0 amide bonds. The van der Waals surface area contributed by atoms with Gasteiger partial charge in [0, 0.05) is 16.1 Å². The molecule has 90 valence electrons. The summed E-state index contributed by atoms with van der Waals surface area (Å²) < 4.78 is 14.5. The van der Waals surface area contributed by atoms with Gasteiger partial charge < -0.3 is 0 Å². The van der Waals surface area contributed by atoms with Crippen LogP contribution in [0.25, 0.3) is 0 Å². The van der Waals surface area contributed by atoms with E-state index < -0.39 is 0 Å². The molecule has 4 heteroatoms. The molecule has 1 atom stereocenters. The molecule has 0 spiro atoms. The zero-order valence-electron chi connectivity index (χ0n) is 9.85. The first-order valence-corrected chi connectivity index (χ1v) is 6.04. The lowest BCUT2D eigenvalue weighted by Crippen LogP contribution is -2.31. The maximum atomic E-state index is 13.7. The average molecular weight is 289 g/mol. The molecule has 3 N–H and O–H groups in total. The van der Waals surface area contributed by atoms with Crippen molar-refractivity contribution in [3.63, 3.8) is 0 Å². The van der Waals surface area contributed by atoms with Gasteiger partial charge in [0.1, 0.15) is 5.82 Å². The van der Waals surface area contributed by atoms with E-state index in [0.717, 1.165) is 10.9 Å². The predicted octanol–water partition coefficient (Wildman–Crippen LogP) is 3.53. The highest BCUT2D eigenvalue weighted by Crippen LogP contribution is 2.31. The highest BCUT2D eigenvalue weighted by Gasteiger charge is 2.21. The molecule has 0 aromatic heterocycles. The Hall–Kier alpha value is -0.450. The fourth-order valence-electron chi connectivity index (χ4n) is 1.65. The third-order valence-corrected chi connectivity index (χ3v) is 2.84. The van der Waals surface area contributed by atoms with E-state index in [4.69, 9.17) is 5.84 Å². The summed E-state index contributed by atoms with van der Waals surface area (Å²) in [6.45, 7) is 6.31. The van der Waals surface area contributed by atoms with Crippen molar-refractivity contribution in [2.24, 2.45) is 11.3 Å². The van der Waals surface area contributed by atoms with Crippen LogP contribution in [-0.4, -0.2) is 0 Å². The number of nitrogens with two attached hydrogens (primary N) is 1. The van der Waals surface area contributed by atoms with Gasteiger partial charge in [-0.2, -0.15) is 0 Å². The monoisotopic (exact) mass is 288 g/mol. The zero-order valence-corrected chi connectivity index (χ0v) is 11.4. The van der Waals surface area contributed by atoms with Crippen LogP contribution in [0.5, 0.6) is 0 Å². The van der Waals surface area contributed by atoms with Gasteiger partial charge >= 0.3 is 0 Å². The van der Waals surface area contributed by atoms with Crippen molar-refractivity contribution >= 4 is 15.9 Å². The van der Waals surface area contributed by atoms with Gasteiger partial charge in [0.15, 0.2) is 0 Å². The third kappa shape index (κ3) is 3.85. The molecule has 0 aliphatic rings. The first-order valence-electron chi connectivity index (χ1n) is 5.24. The summed E-state index contributed by atoms with van der Waals surface area (Å²) in [5, 5.41) is 0. The van der Waals surface area contributed by atoms with Crippen molar-refractivity contribution in [1.82, 2.24) is 5.43 Å². The SMILES string of the molecule is CC(C)(C)CC(NN)c1cc(Br)ccc1F. The van der Waals surface area contributed by atoms with Crippen LogP contribution in [0.4, 0.5) is 4.39 Å². The van der Waals surface area contributed by atoms with Crippen LogP contribution in [0.3, 0.4) is 0 Å². The summed E-state index contributed by atoms with van der Waals surface area (Å²) in [7, 11) is 0. The van der Waals surface area contributed by atoms with E-state index in [1.54, 1.807) is 12.1 Å².